The average molecular weight is 160 g/mol. The van der Waals surface area contributed by atoms with Gasteiger partial charge in [-0.3, -0.25) is 0 Å². The Hall–Kier alpha value is -0.570. The second-order valence-corrected chi connectivity index (χ2v) is 3.40. The van der Waals surface area contributed by atoms with Gasteiger partial charge in [-0.2, -0.15) is 0 Å². The fourth-order valence-corrected chi connectivity index (χ4v) is 0.770. The second kappa shape index (κ2) is 2.23. The molecule has 0 aromatic heterocycles. The zero-order valence-electron chi connectivity index (χ0n) is 6.06. The number of nitrogens with zero attached hydrogens (tertiary/aromatic N) is 2. The quantitative estimate of drug-likeness (QED) is 0.522. The van der Waals surface area contributed by atoms with Crippen LogP contribution in [0.4, 0.5) is 0 Å². The summed E-state index contributed by atoms with van der Waals surface area (Å²) in [5, 5.41) is 0. The summed E-state index contributed by atoms with van der Waals surface area (Å²) in [7, 11) is 0. The van der Waals surface area contributed by atoms with Crippen molar-refractivity contribution in [1.29, 1.82) is 0 Å². The van der Waals surface area contributed by atoms with Crippen molar-refractivity contribution in [2.24, 2.45) is 15.7 Å². The lowest BCUT2D eigenvalue weighted by Crippen LogP contribution is -2.36. The summed E-state index contributed by atoms with van der Waals surface area (Å²) in [4.78, 5) is 7.43. The first kappa shape index (κ1) is 7.54. The van der Waals surface area contributed by atoms with Crippen LogP contribution in [0.5, 0.6) is 0 Å². The van der Waals surface area contributed by atoms with Crippen molar-refractivity contribution >= 4 is 23.3 Å². The Morgan fingerprint density at radius 1 is 1.70 bits per heavy atom. The molecular formula is C6H10ClN3. The Kier molecular flexibility index (Phi) is 1.68. The molecule has 2 N–H and O–H groups in total. The third kappa shape index (κ3) is 1.29. The first-order valence-corrected chi connectivity index (χ1v) is 3.45. The number of halogens is 1. The van der Waals surface area contributed by atoms with Gasteiger partial charge in [0.2, 0.25) is 5.96 Å². The first-order chi connectivity index (χ1) is 4.52. The number of guanidine groups is 1. The molecule has 1 atom stereocenters. The van der Waals surface area contributed by atoms with Crippen LogP contribution in [0.2, 0.25) is 0 Å². The highest BCUT2D eigenvalue weighted by molar-refractivity contribution is 6.37. The molecular weight excluding hydrogens is 150 g/mol. The number of hydrogen-bond acceptors (Lipinski definition) is 3. The summed E-state index contributed by atoms with van der Waals surface area (Å²) in [5.41, 5.74) is 6.18. The van der Waals surface area contributed by atoms with Gasteiger partial charge < -0.3 is 5.73 Å². The van der Waals surface area contributed by atoms with Gasteiger partial charge in [-0.05, 0) is 13.8 Å². The molecule has 1 unspecified atom stereocenters. The van der Waals surface area contributed by atoms with Crippen LogP contribution in [-0.2, 0) is 0 Å². The zero-order chi connectivity index (χ0) is 7.78. The fraction of sp³-hybridized carbons (Fsp3) is 0.667. The normalized spacial score (nSPS) is 33.1. The lowest BCUT2D eigenvalue weighted by atomic mass is 10.1. The lowest BCUT2D eigenvalue weighted by molar-refractivity contribution is 0.805. The van der Waals surface area contributed by atoms with Gasteiger partial charge in [0.15, 0.2) is 0 Å². The van der Waals surface area contributed by atoms with Gasteiger partial charge in [-0.25, -0.2) is 9.98 Å². The van der Waals surface area contributed by atoms with Gasteiger partial charge in [0.25, 0.3) is 0 Å². The van der Waals surface area contributed by atoms with Gasteiger partial charge in [0, 0.05) is 5.71 Å². The molecule has 0 amide bonds. The van der Waals surface area contributed by atoms with E-state index in [2.05, 4.69) is 9.98 Å². The minimum Gasteiger partial charge on any atom is -0.368 e. The van der Waals surface area contributed by atoms with Crippen LogP contribution in [0.25, 0.3) is 0 Å². The molecule has 0 spiro atoms. The van der Waals surface area contributed by atoms with Crippen molar-refractivity contribution in [2.45, 2.75) is 18.7 Å². The molecule has 0 aromatic rings. The van der Waals surface area contributed by atoms with E-state index in [0.29, 0.717) is 12.5 Å². The summed E-state index contributed by atoms with van der Waals surface area (Å²) in [6, 6.07) is 0. The van der Waals surface area contributed by atoms with E-state index in [0.717, 1.165) is 5.71 Å². The Balaban J connectivity index is 2.88. The molecule has 0 saturated heterocycles. The summed E-state index contributed by atoms with van der Waals surface area (Å²) in [5.74, 6) is 0.329. The average Bonchev–Trinajstić information content (AvgIpc) is 1.81. The predicted octanol–water partition coefficient (Wildman–Crippen LogP) is 0.773. The molecule has 0 aliphatic carbocycles. The predicted molar refractivity (Wildman–Crippen MR) is 43.9 cm³/mol. The molecule has 0 fully saturated rings. The maximum absolute atomic E-state index is 5.99. The standard InChI is InChI=1S/C6H10ClN3/c1-4-6(2,7)3-9-5(8)10-4/h3H2,1-2H3,(H2,8,9). The van der Waals surface area contributed by atoms with Crippen molar-refractivity contribution in [3.05, 3.63) is 0 Å². The molecule has 4 heteroatoms. The zero-order valence-corrected chi connectivity index (χ0v) is 6.81. The van der Waals surface area contributed by atoms with E-state index in [9.17, 15) is 0 Å². The van der Waals surface area contributed by atoms with Crippen molar-refractivity contribution in [1.82, 2.24) is 0 Å². The summed E-state index contributed by atoms with van der Waals surface area (Å²) >= 11 is 5.99. The highest BCUT2D eigenvalue weighted by Gasteiger charge is 2.27. The van der Waals surface area contributed by atoms with Crippen LogP contribution in [0.1, 0.15) is 13.8 Å². The van der Waals surface area contributed by atoms with E-state index < -0.39 is 4.87 Å². The number of hydrogen-bond donors (Lipinski definition) is 1. The highest BCUT2D eigenvalue weighted by atomic mass is 35.5. The highest BCUT2D eigenvalue weighted by Crippen LogP contribution is 2.19. The first-order valence-electron chi connectivity index (χ1n) is 3.07. The lowest BCUT2D eigenvalue weighted by Gasteiger charge is -2.22. The minimum absolute atomic E-state index is 0.329. The molecule has 0 saturated carbocycles. The molecule has 1 aliphatic rings. The molecule has 1 heterocycles. The van der Waals surface area contributed by atoms with E-state index in [4.69, 9.17) is 17.3 Å². The van der Waals surface area contributed by atoms with Gasteiger partial charge in [0.05, 0.1) is 11.4 Å². The molecule has 1 rings (SSSR count). The number of rotatable bonds is 0. The second-order valence-electron chi connectivity index (χ2n) is 2.57. The molecule has 0 aromatic carbocycles. The van der Waals surface area contributed by atoms with Crippen LogP contribution < -0.4 is 5.73 Å². The fourth-order valence-electron chi connectivity index (χ4n) is 0.668. The summed E-state index contributed by atoms with van der Waals surface area (Å²) in [6.45, 7) is 4.26. The minimum atomic E-state index is -0.428. The third-order valence-electron chi connectivity index (χ3n) is 1.57. The molecule has 10 heavy (non-hydrogen) atoms. The Morgan fingerprint density at radius 3 is 2.70 bits per heavy atom. The van der Waals surface area contributed by atoms with Gasteiger partial charge in [-0.15, -0.1) is 11.6 Å². The number of aliphatic imine (C=N–C) groups is 2. The molecule has 3 nitrogen and oxygen atoms in total. The largest absolute Gasteiger partial charge is 0.368 e. The summed E-state index contributed by atoms with van der Waals surface area (Å²) in [6.07, 6.45) is 0. The van der Waals surface area contributed by atoms with Gasteiger partial charge >= 0.3 is 0 Å². The van der Waals surface area contributed by atoms with Crippen molar-refractivity contribution in [3.63, 3.8) is 0 Å². The van der Waals surface area contributed by atoms with Crippen LogP contribution in [-0.4, -0.2) is 23.1 Å². The SMILES string of the molecule is CC1=NC(N)=NCC1(C)Cl. The van der Waals surface area contributed by atoms with Crippen LogP contribution in [0.3, 0.4) is 0 Å². The van der Waals surface area contributed by atoms with Crippen LogP contribution in [0.15, 0.2) is 9.98 Å². The van der Waals surface area contributed by atoms with Gasteiger partial charge in [-0.1, -0.05) is 0 Å². The molecule has 0 bridgehead atoms. The van der Waals surface area contributed by atoms with E-state index in [-0.39, 0.29) is 0 Å². The topological polar surface area (TPSA) is 50.7 Å². The maximum atomic E-state index is 5.99. The van der Waals surface area contributed by atoms with E-state index in [1.54, 1.807) is 0 Å². The molecule has 56 valence electrons. The van der Waals surface area contributed by atoms with Crippen molar-refractivity contribution in [2.75, 3.05) is 6.54 Å². The monoisotopic (exact) mass is 159 g/mol. The number of nitrogens with two attached hydrogens (primary N) is 1. The maximum Gasteiger partial charge on any atom is 0.215 e. The van der Waals surface area contributed by atoms with Gasteiger partial charge in [0.1, 0.15) is 0 Å². The Labute approximate surface area is 65.0 Å². The van der Waals surface area contributed by atoms with Crippen LogP contribution in [0, 0.1) is 0 Å². The van der Waals surface area contributed by atoms with Crippen LogP contribution >= 0.6 is 11.6 Å². The van der Waals surface area contributed by atoms with E-state index in [1.807, 2.05) is 13.8 Å². The smallest absolute Gasteiger partial charge is 0.215 e. The third-order valence-corrected chi connectivity index (χ3v) is 1.97. The van der Waals surface area contributed by atoms with Crippen molar-refractivity contribution < 1.29 is 0 Å². The molecule has 0 radical (unpaired) electrons. The molecule has 1 aliphatic heterocycles. The van der Waals surface area contributed by atoms with E-state index >= 15 is 0 Å². The number of alkyl halides is 1. The Morgan fingerprint density at radius 2 is 2.30 bits per heavy atom. The Bertz CT molecular complexity index is 205. The van der Waals surface area contributed by atoms with Crippen molar-refractivity contribution in [3.8, 4) is 0 Å². The summed E-state index contributed by atoms with van der Waals surface area (Å²) < 4.78 is 0. The van der Waals surface area contributed by atoms with E-state index in [1.165, 1.54) is 0 Å².